The Morgan fingerprint density at radius 1 is 1.44 bits per heavy atom. The van der Waals surface area contributed by atoms with Crippen LogP contribution in [0.2, 0.25) is 0 Å². The lowest BCUT2D eigenvalue weighted by molar-refractivity contribution is -0.0881. The number of hydrogen-bond donors (Lipinski definition) is 2. The van der Waals surface area contributed by atoms with Gasteiger partial charge in [-0.05, 0) is 12.8 Å². The average Bonchev–Trinajstić information content (AvgIpc) is 2.86. The number of H-pyrrole nitrogens is 1. The second-order valence-electron chi connectivity index (χ2n) is 5.10. The lowest BCUT2D eigenvalue weighted by Crippen LogP contribution is -2.50. The Labute approximate surface area is 95.0 Å². The minimum absolute atomic E-state index is 0.116. The van der Waals surface area contributed by atoms with E-state index >= 15 is 0 Å². The molecule has 0 atom stereocenters. The summed E-state index contributed by atoms with van der Waals surface area (Å²) in [6.45, 7) is 1.28. The van der Waals surface area contributed by atoms with Gasteiger partial charge in [-0.3, -0.25) is 0 Å². The number of aromatic nitrogens is 2. The highest BCUT2D eigenvalue weighted by Crippen LogP contribution is 2.35. The van der Waals surface area contributed by atoms with E-state index in [1.807, 2.05) is 6.20 Å². The van der Waals surface area contributed by atoms with Crippen LogP contribution in [0.15, 0.2) is 6.20 Å². The molecule has 0 bridgehead atoms. The minimum atomic E-state index is -0.253. The van der Waals surface area contributed by atoms with Crippen LogP contribution in [-0.2, 0) is 10.2 Å². The lowest BCUT2D eigenvalue weighted by Gasteiger charge is -2.37. The van der Waals surface area contributed by atoms with E-state index in [1.54, 1.807) is 0 Å². The molecule has 2 N–H and O–H groups in total. The summed E-state index contributed by atoms with van der Waals surface area (Å²) in [6, 6.07) is 0. The average molecular weight is 222 g/mol. The maximum absolute atomic E-state index is 9.42. The number of imidazole rings is 1. The topological polar surface area (TPSA) is 58.1 Å². The van der Waals surface area contributed by atoms with E-state index < -0.39 is 0 Å². The Bertz CT molecular complexity index is 359. The molecule has 0 radical (unpaired) electrons. The molecule has 1 saturated heterocycles. The van der Waals surface area contributed by atoms with Crippen molar-refractivity contribution >= 4 is 0 Å². The van der Waals surface area contributed by atoms with Gasteiger partial charge in [-0.15, -0.1) is 0 Å². The Balaban J connectivity index is 1.81. The zero-order valence-electron chi connectivity index (χ0n) is 9.41. The fourth-order valence-electron chi connectivity index (χ4n) is 2.70. The van der Waals surface area contributed by atoms with Crippen LogP contribution >= 0.6 is 0 Å². The molecule has 1 saturated carbocycles. The highest BCUT2D eigenvalue weighted by Gasteiger charge is 2.42. The van der Waals surface area contributed by atoms with E-state index in [9.17, 15) is 5.11 Å². The van der Waals surface area contributed by atoms with E-state index in [1.165, 1.54) is 31.4 Å². The number of rotatable bonds is 3. The van der Waals surface area contributed by atoms with Crippen LogP contribution in [0, 0.1) is 0 Å². The first-order valence-electron chi connectivity index (χ1n) is 6.08. The summed E-state index contributed by atoms with van der Waals surface area (Å²) in [6.07, 6.45) is 7.14. The summed E-state index contributed by atoms with van der Waals surface area (Å²) < 4.78 is 5.20. The number of nitrogens with zero attached hydrogens (tertiary/aromatic N) is 1. The number of aliphatic hydroxyl groups excluding tert-OH is 1. The Morgan fingerprint density at radius 3 is 2.75 bits per heavy atom. The fraction of sp³-hybridized carbons (Fsp3) is 0.750. The van der Waals surface area contributed by atoms with E-state index in [0.29, 0.717) is 19.1 Å². The molecular weight excluding hydrogens is 204 g/mol. The molecule has 0 spiro atoms. The van der Waals surface area contributed by atoms with Crippen molar-refractivity contribution < 1.29 is 9.84 Å². The van der Waals surface area contributed by atoms with Crippen molar-refractivity contribution in [2.75, 3.05) is 19.8 Å². The third-order valence-electron chi connectivity index (χ3n) is 3.95. The number of hydrogen-bond acceptors (Lipinski definition) is 3. The van der Waals surface area contributed by atoms with Gasteiger partial charge in [-0.2, -0.15) is 0 Å². The Morgan fingerprint density at radius 2 is 2.19 bits per heavy atom. The first-order valence-corrected chi connectivity index (χ1v) is 6.08. The van der Waals surface area contributed by atoms with Gasteiger partial charge in [0, 0.05) is 17.8 Å². The van der Waals surface area contributed by atoms with Gasteiger partial charge < -0.3 is 14.8 Å². The standard InChI is InChI=1S/C12H18N2O2/c15-6-12(7-16-8-12)11-13-5-10(14-11)9-3-1-2-4-9/h5,9,15H,1-4,6-8H2,(H,13,14). The summed E-state index contributed by atoms with van der Waals surface area (Å²) in [5.74, 6) is 1.56. The third-order valence-corrected chi connectivity index (χ3v) is 3.95. The second kappa shape index (κ2) is 3.86. The highest BCUT2D eigenvalue weighted by molar-refractivity contribution is 5.18. The van der Waals surface area contributed by atoms with Gasteiger partial charge in [0.1, 0.15) is 5.82 Å². The van der Waals surface area contributed by atoms with Crippen LogP contribution in [0.25, 0.3) is 0 Å². The number of aliphatic hydroxyl groups is 1. The fourth-order valence-corrected chi connectivity index (χ4v) is 2.70. The molecule has 1 aromatic rings. The van der Waals surface area contributed by atoms with Crippen LogP contribution in [0.4, 0.5) is 0 Å². The predicted octanol–water partition coefficient (Wildman–Crippen LogP) is 1.33. The molecule has 0 unspecified atom stereocenters. The van der Waals surface area contributed by atoms with E-state index in [-0.39, 0.29) is 12.0 Å². The van der Waals surface area contributed by atoms with Crippen LogP contribution in [0.5, 0.6) is 0 Å². The largest absolute Gasteiger partial charge is 0.395 e. The summed E-state index contributed by atoms with van der Waals surface area (Å²) >= 11 is 0. The Kier molecular flexibility index (Phi) is 2.48. The molecule has 4 nitrogen and oxygen atoms in total. The minimum Gasteiger partial charge on any atom is -0.395 e. The van der Waals surface area contributed by atoms with Crippen molar-refractivity contribution in [1.82, 2.24) is 9.97 Å². The van der Waals surface area contributed by atoms with Gasteiger partial charge >= 0.3 is 0 Å². The first-order chi connectivity index (χ1) is 7.84. The summed E-state index contributed by atoms with van der Waals surface area (Å²) in [5, 5.41) is 9.42. The zero-order valence-corrected chi connectivity index (χ0v) is 9.41. The van der Waals surface area contributed by atoms with Gasteiger partial charge in [0.05, 0.1) is 25.2 Å². The second-order valence-corrected chi connectivity index (χ2v) is 5.10. The van der Waals surface area contributed by atoms with Crippen molar-refractivity contribution in [3.05, 3.63) is 17.7 Å². The van der Waals surface area contributed by atoms with E-state index in [0.717, 1.165) is 5.82 Å². The summed E-state index contributed by atoms with van der Waals surface area (Å²) in [5.41, 5.74) is 0.990. The first kappa shape index (κ1) is 10.3. The maximum atomic E-state index is 9.42. The van der Waals surface area contributed by atoms with Crippen LogP contribution in [0.3, 0.4) is 0 Å². The van der Waals surface area contributed by atoms with Crippen molar-refractivity contribution in [2.45, 2.75) is 37.0 Å². The normalized spacial score (nSPS) is 24.6. The molecule has 0 aromatic carbocycles. The van der Waals surface area contributed by atoms with Crippen LogP contribution < -0.4 is 0 Å². The molecule has 16 heavy (non-hydrogen) atoms. The molecule has 3 rings (SSSR count). The van der Waals surface area contributed by atoms with Gasteiger partial charge in [-0.25, -0.2) is 4.98 Å². The monoisotopic (exact) mass is 222 g/mol. The van der Waals surface area contributed by atoms with E-state index in [4.69, 9.17) is 4.74 Å². The molecule has 2 heterocycles. The third kappa shape index (κ3) is 1.48. The van der Waals surface area contributed by atoms with Gasteiger partial charge in [0.2, 0.25) is 0 Å². The van der Waals surface area contributed by atoms with Crippen LogP contribution in [0.1, 0.15) is 43.1 Å². The summed E-state index contributed by atoms with van der Waals surface area (Å²) in [7, 11) is 0. The van der Waals surface area contributed by atoms with Gasteiger partial charge in [0.15, 0.2) is 0 Å². The molecule has 1 aliphatic carbocycles. The molecule has 0 amide bonds. The van der Waals surface area contributed by atoms with Crippen LogP contribution in [-0.4, -0.2) is 34.9 Å². The number of ether oxygens (including phenoxy) is 1. The van der Waals surface area contributed by atoms with Crippen molar-refractivity contribution in [2.24, 2.45) is 0 Å². The van der Waals surface area contributed by atoms with E-state index in [2.05, 4.69) is 9.97 Å². The molecule has 2 fully saturated rings. The number of nitrogens with one attached hydrogen (secondary N) is 1. The highest BCUT2D eigenvalue weighted by atomic mass is 16.5. The SMILES string of the molecule is OCC1(c2ncc(C3CCCC3)[nH]2)COC1. The smallest absolute Gasteiger partial charge is 0.119 e. The molecule has 1 aromatic heterocycles. The van der Waals surface area contributed by atoms with Crippen molar-refractivity contribution in [1.29, 1.82) is 0 Å². The molecular formula is C12H18N2O2. The number of aromatic amines is 1. The molecule has 4 heteroatoms. The summed E-state index contributed by atoms with van der Waals surface area (Å²) in [4.78, 5) is 7.83. The Hall–Kier alpha value is -0.870. The van der Waals surface area contributed by atoms with Gasteiger partial charge in [-0.1, -0.05) is 12.8 Å². The predicted molar refractivity (Wildman–Crippen MR) is 59.4 cm³/mol. The van der Waals surface area contributed by atoms with Crippen molar-refractivity contribution in [3.63, 3.8) is 0 Å². The molecule has 88 valence electrons. The quantitative estimate of drug-likeness (QED) is 0.811. The maximum Gasteiger partial charge on any atom is 0.119 e. The van der Waals surface area contributed by atoms with Crippen molar-refractivity contribution in [3.8, 4) is 0 Å². The zero-order chi connectivity index (χ0) is 11.0. The molecule has 1 aliphatic heterocycles. The molecule has 2 aliphatic rings. The lowest BCUT2D eigenvalue weighted by atomic mass is 9.86. The van der Waals surface area contributed by atoms with Gasteiger partial charge in [0.25, 0.3) is 0 Å².